The second kappa shape index (κ2) is 6.37. The average Bonchev–Trinajstić information content (AvgIpc) is 2.44. The van der Waals surface area contributed by atoms with Crippen LogP contribution in [0.15, 0.2) is 24.3 Å². The molecule has 0 aliphatic heterocycles. The number of aliphatic hydroxyl groups is 1. The lowest BCUT2D eigenvalue weighted by Gasteiger charge is -2.41. The van der Waals surface area contributed by atoms with Crippen molar-refractivity contribution in [2.45, 2.75) is 56.5 Å². The van der Waals surface area contributed by atoms with Crippen LogP contribution in [0.1, 0.15) is 50.5 Å². The lowest BCUT2D eigenvalue weighted by atomic mass is 9.63. The van der Waals surface area contributed by atoms with Gasteiger partial charge in [-0.3, -0.25) is 4.79 Å². The normalized spacial score (nSPS) is 27.0. The fraction of sp³-hybridized carbons (Fsp3) is 0.611. The maximum atomic E-state index is 13.5. The van der Waals surface area contributed by atoms with E-state index in [1.807, 2.05) is 6.07 Å². The van der Waals surface area contributed by atoms with Crippen molar-refractivity contribution in [2.75, 3.05) is 6.54 Å². The van der Waals surface area contributed by atoms with E-state index in [-0.39, 0.29) is 17.8 Å². The Bertz CT molecular complexity index is 542. The summed E-state index contributed by atoms with van der Waals surface area (Å²) >= 11 is 0. The number of carbonyl (C=O) groups excluding carboxylic acids is 1. The third-order valence-electron chi connectivity index (χ3n) is 5.33. The van der Waals surface area contributed by atoms with E-state index in [1.165, 1.54) is 12.1 Å². The molecule has 0 saturated heterocycles. The third kappa shape index (κ3) is 3.02. The molecule has 0 radical (unpaired) electrons. The van der Waals surface area contributed by atoms with E-state index in [1.54, 1.807) is 6.07 Å². The Labute approximate surface area is 130 Å². The van der Waals surface area contributed by atoms with Crippen LogP contribution < -0.4 is 5.32 Å². The topological polar surface area (TPSA) is 49.3 Å². The number of halogens is 1. The number of hydrogen-bond acceptors (Lipinski definition) is 2. The molecular formula is C18H24FNO2. The van der Waals surface area contributed by atoms with Crippen LogP contribution >= 0.6 is 0 Å². The molecule has 2 N–H and O–H groups in total. The predicted molar refractivity (Wildman–Crippen MR) is 82.9 cm³/mol. The smallest absolute Gasteiger partial charge is 0.230 e. The number of amides is 1. The summed E-state index contributed by atoms with van der Waals surface area (Å²) in [6.45, 7) is 0.618. The van der Waals surface area contributed by atoms with Crippen LogP contribution in [0.25, 0.3) is 0 Å². The molecule has 1 amide bonds. The molecule has 0 heterocycles. The van der Waals surface area contributed by atoms with Gasteiger partial charge in [-0.1, -0.05) is 25.0 Å². The highest BCUT2D eigenvalue weighted by atomic mass is 19.1. The number of rotatable bonds is 4. The minimum atomic E-state index is -0.546. The summed E-state index contributed by atoms with van der Waals surface area (Å²) in [6, 6.07) is 6.43. The van der Waals surface area contributed by atoms with Crippen molar-refractivity contribution < 1.29 is 14.3 Å². The fourth-order valence-electron chi connectivity index (χ4n) is 3.82. The molecule has 2 fully saturated rings. The number of nitrogens with one attached hydrogen (secondary N) is 1. The van der Waals surface area contributed by atoms with Gasteiger partial charge in [-0.15, -0.1) is 0 Å². The van der Waals surface area contributed by atoms with E-state index in [4.69, 9.17) is 0 Å². The number of hydrogen-bond donors (Lipinski definition) is 2. The molecule has 2 saturated carbocycles. The molecule has 0 aromatic heterocycles. The largest absolute Gasteiger partial charge is 0.393 e. The van der Waals surface area contributed by atoms with E-state index in [0.717, 1.165) is 50.5 Å². The Hall–Kier alpha value is -1.42. The SMILES string of the molecule is O=C(NCC1CCCC(O)C1)C1(c2cccc(F)c2)CCC1. The van der Waals surface area contributed by atoms with E-state index in [0.29, 0.717) is 12.5 Å². The molecule has 0 bridgehead atoms. The van der Waals surface area contributed by atoms with E-state index in [9.17, 15) is 14.3 Å². The molecule has 2 aliphatic carbocycles. The third-order valence-corrected chi connectivity index (χ3v) is 5.33. The van der Waals surface area contributed by atoms with Crippen LogP contribution in [0.4, 0.5) is 4.39 Å². The van der Waals surface area contributed by atoms with Crippen LogP contribution in [0.2, 0.25) is 0 Å². The highest BCUT2D eigenvalue weighted by Crippen LogP contribution is 2.44. The van der Waals surface area contributed by atoms with Gasteiger partial charge in [0.25, 0.3) is 0 Å². The van der Waals surface area contributed by atoms with Gasteiger partial charge in [-0.05, 0) is 55.7 Å². The van der Waals surface area contributed by atoms with Crippen molar-refractivity contribution in [3.05, 3.63) is 35.6 Å². The molecule has 0 spiro atoms. The Kier molecular flexibility index (Phi) is 4.48. The van der Waals surface area contributed by atoms with Gasteiger partial charge in [-0.25, -0.2) is 4.39 Å². The van der Waals surface area contributed by atoms with Crippen molar-refractivity contribution in [3.63, 3.8) is 0 Å². The first kappa shape index (κ1) is 15.5. The van der Waals surface area contributed by atoms with Crippen LogP contribution in [-0.2, 0) is 10.2 Å². The Morgan fingerprint density at radius 1 is 1.32 bits per heavy atom. The summed E-state index contributed by atoms with van der Waals surface area (Å²) in [5.74, 6) is 0.0914. The van der Waals surface area contributed by atoms with Crippen molar-refractivity contribution >= 4 is 5.91 Å². The summed E-state index contributed by atoms with van der Waals surface area (Å²) in [5, 5.41) is 12.8. The van der Waals surface area contributed by atoms with Crippen molar-refractivity contribution in [3.8, 4) is 0 Å². The molecule has 2 unspecified atom stereocenters. The maximum Gasteiger partial charge on any atom is 0.230 e. The van der Waals surface area contributed by atoms with E-state index >= 15 is 0 Å². The second-order valence-electron chi connectivity index (χ2n) is 6.84. The molecule has 2 atom stereocenters. The molecule has 1 aromatic rings. The van der Waals surface area contributed by atoms with Gasteiger partial charge in [-0.2, -0.15) is 0 Å². The van der Waals surface area contributed by atoms with Crippen molar-refractivity contribution in [2.24, 2.45) is 5.92 Å². The first-order valence-electron chi connectivity index (χ1n) is 8.32. The van der Waals surface area contributed by atoms with Crippen LogP contribution in [-0.4, -0.2) is 23.7 Å². The first-order valence-corrected chi connectivity index (χ1v) is 8.32. The van der Waals surface area contributed by atoms with Gasteiger partial charge in [0.1, 0.15) is 5.82 Å². The molecule has 4 heteroatoms. The zero-order chi connectivity index (χ0) is 15.6. The van der Waals surface area contributed by atoms with Gasteiger partial charge >= 0.3 is 0 Å². The zero-order valence-corrected chi connectivity index (χ0v) is 12.9. The summed E-state index contributed by atoms with van der Waals surface area (Å²) in [4.78, 5) is 12.7. The standard InChI is InChI=1S/C18H24FNO2/c19-15-6-2-5-14(11-15)18(8-3-9-18)17(22)20-12-13-4-1-7-16(21)10-13/h2,5-6,11,13,16,21H,1,3-4,7-10,12H2,(H,20,22). The number of aliphatic hydroxyl groups excluding tert-OH is 1. The summed E-state index contributed by atoms with van der Waals surface area (Å²) in [5.41, 5.74) is 0.245. The molecule has 1 aromatic carbocycles. The average molecular weight is 305 g/mol. The minimum absolute atomic E-state index is 0.0180. The quantitative estimate of drug-likeness (QED) is 0.898. The van der Waals surface area contributed by atoms with Gasteiger partial charge in [0.2, 0.25) is 5.91 Å². The van der Waals surface area contributed by atoms with Gasteiger partial charge in [0.15, 0.2) is 0 Å². The number of carbonyl (C=O) groups is 1. The molecule has 120 valence electrons. The molecular weight excluding hydrogens is 281 g/mol. The summed E-state index contributed by atoms with van der Waals surface area (Å²) in [6.07, 6.45) is 6.08. The Morgan fingerprint density at radius 2 is 2.14 bits per heavy atom. The highest BCUT2D eigenvalue weighted by molar-refractivity contribution is 5.89. The van der Waals surface area contributed by atoms with Crippen molar-refractivity contribution in [1.82, 2.24) is 5.32 Å². The molecule has 22 heavy (non-hydrogen) atoms. The highest BCUT2D eigenvalue weighted by Gasteiger charge is 2.45. The summed E-state index contributed by atoms with van der Waals surface area (Å²) < 4.78 is 13.5. The Morgan fingerprint density at radius 3 is 2.77 bits per heavy atom. The Balaban J connectivity index is 1.64. The van der Waals surface area contributed by atoms with E-state index < -0.39 is 5.41 Å². The van der Waals surface area contributed by atoms with Gasteiger partial charge in [0, 0.05) is 6.54 Å². The first-order chi connectivity index (χ1) is 10.6. The lowest BCUT2D eigenvalue weighted by Crippen LogP contribution is -2.50. The maximum absolute atomic E-state index is 13.5. The van der Waals surface area contributed by atoms with E-state index in [2.05, 4.69) is 5.32 Å². The predicted octanol–water partition coefficient (Wildman–Crippen LogP) is 2.91. The molecule has 3 rings (SSSR count). The van der Waals surface area contributed by atoms with Crippen LogP contribution in [0.3, 0.4) is 0 Å². The fourth-order valence-corrected chi connectivity index (χ4v) is 3.82. The summed E-state index contributed by atoms with van der Waals surface area (Å²) in [7, 11) is 0. The van der Waals surface area contributed by atoms with Gasteiger partial charge in [0.05, 0.1) is 11.5 Å². The monoisotopic (exact) mass is 305 g/mol. The molecule has 2 aliphatic rings. The van der Waals surface area contributed by atoms with Crippen LogP contribution in [0, 0.1) is 11.7 Å². The second-order valence-corrected chi connectivity index (χ2v) is 6.84. The lowest BCUT2D eigenvalue weighted by molar-refractivity contribution is -0.130. The van der Waals surface area contributed by atoms with Crippen LogP contribution in [0.5, 0.6) is 0 Å². The zero-order valence-electron chi connectivity index (χ0n) is 12.9. The number of benzene rings is 1. The molecule has 3 nitrogen and oxygen atoms in total. The minimum Gasteiger partial charge on any atom is -0.393 e. The van der Waals surface area contributed by atoms with Gasteiger partial charge < -0.3 is 10.4 Å². The van der Waals surface area contributed by atoms with Crippen molar-refractivity contribution in [1.29, 1.82) is 0 Å².